The van der Waals surface area contributed by atoms with Gasteiger partial charge < -0.3 is 10.6 Å². The minimum Gasteiger partial charge on any atom is -0.386 e. The number of urea groups is 1. The summed E-state index contributed by atoms with van der Waals surface area (Å²) in [7, 11) is 0. The summed E-state index contributed by atoms with van der Waals surface area (Å²) in [6.45, 7) is 10.7. The molecule has 5 heteroatoms. The highest BCUT2D eigenvalue weighted by atomic mass is 16.2. The molecule has 0 saturated carbocycles. The first-order valence-corrected chi connectivity index (χ1v) is 10.3. The Bertz CT molecular complexity index is 677. The molecule has 2 N–H and O–H groups in total. The van der Waals surface area contributed by atoms with Crippen molar-refractivity contribution in [3.8, 4) is 0 Å². The van der Waals surface area contributed by atoms with Gasteiger partial charge in [-0.3, -0.25) is 4.90 Å². The van der Waals surface area contributed by atoms with Gasteiger partial charge in [0.2, 0.25) is 0 Å². The lowest BCUT2D eigenvalue weighted by Crippen LogP contribution is -2.64. The molecular weight excluding hydrogens is 336 g/mol. The van der Waals surface area contributed by atoms with E-state index in [1.165, 1.54) is 5.56 Å². The molecule has 3 rings (SSSR count). The Morgan fingerprint density at radius 2 is 1.85 bits per heavy atom. The van der Waals surface area contributed by atoms with Gasteiger partial charge in [0.25, 0.3) is 0 Å². The highest BCUT2D eigenvalue weighted by Crippen LogP contribution is 2.42. The lowest BCUT2D eigenvalue weighted by Gasteiger charge is -2.51. The maximum Gasteiger partial charge on any atom is 0.345 e. The lowest BCUT2D eigenvalue weighted by atomic mass is 9.66. The van der Waals surface area contributed by atoms with Gasteiger partial charge in [-0.15, -0.1) is 0 Å². The average molecular weight is 371 g/mol. The molecule has 0 bridgehead atoms. The quantitative estimate of drug-likeness (QED) is 0.829. The van der Waals surface area contributed by atoms with E-state index in [0.29, 0.717) is 17.9 Å². The summed E-state index contributed by atoms with van der Waals surface area (Å²) in [4.78, 5) is 21.4. The van der Waals surface area contributed by atoms with Gasteiger partial charge in [-0.25, -0.2) is 4.79 Å². The van der Waals surface area contributed by atoms with Crippen molar-refractivity contribution < 1.29 is 4.79 Å². The van der Waals surface area contributed by atoms with Crippen LogP contribution in [0.25, 0.3) is 0 Å². The van der Waals surface area contributed by atoms with Gasteiger partial charge in [-0.1, -0.05) is 30.3 Å². The molecule has 1 aromatic rings. The number of amidine groups is 1. The van der Waals surface area contributed by atoms with Crippen molar-refractivity contribution in [3.63, 3.8) is 0 Å². The number of fused-ring (bicyclic) bond motifs is 1. The molecule has 1 saturated heterocycles. The van der Waals surface area contributed by atoms with Crippen molar-refractivity contribution in [2.24, 2.45) is 10.7 Å². The number of carbonyl (C=O) groups is 1. The van der Waals surface area contributed by atoms with Gasteiger partial charge in [0, 0.05) is 25.2 Å². The summed E-state index contributed by atoms with van der Waals surface area (Å²) >= 11 is 0. The Labute approximate surface area is 163 Å². The van der Waals surface area contributed by atoms with E-state index in [-0.39, 0.29) is 12.1 Å². The molecule has 148 valence electrons. The first-order chi connectivity index (χ1) is 12.9. The van der Waals surface area contributed by atoms with Crippen molar-refractivity contribution >= 4 is 11.9 Å². The molecule has 1 fully saturated rings. The Morgan fingerprint density at radius 3 is 2.48 bits per heavy atom. The normalized spacial score (nSPS) is 25.9. The summed E-state index contributed by atoms with van der Waals surface area (Å²) in [6, 6.07) is 11.3. The molecule has 2 aliphatic heterocycles. The van der Waals surface area contributed by atoms with Crippen LogP contribution < -0.4 is 5.73 Å². The Balaban J connectivity index is 2.05. The number of rotatable bonds is 6. The highest BCUT2D eigenvalue weighted by Gasteiger charge is 2.51. The molecular formula is C22H34N4O. The van der Waals surface area contributed by atoms with E-state index in [4.69, 9.17) is 5.73 Å². The van der Waals surface area contributed by atoms with E-state index in [1.54, 1.807) is 0 Å². The molecule has 2 amide bonds. The maximum atomic E-state index is 12.6. The number of benzene rings is 1. The zero-order valence-electron chi connectivity index (χ0n) is 17.2. The van der Waals surface area contributed by atoms with Crippen molar-refractivity contribution in [3.05, 3.63) is 35.9 Å². The smallest absolute Gasteiger partial charge is 0.345 e. The number of hydrogen-bond donors (Lipinski definition) is 1. The Hall–Kier alpha value is -1.88. The van der Waals surface area contributed by atoms with Crippen LogP contribution in [0.2, 0.25) is 0 Å². The fourth-order valence-corrected chi connectivity index (χ4v) is 5.04. The van der Waals surface area contributed by atoms with Crippen LogP contribution in [0.4, 0.5) is 4.79 Å². The van der Waals surface area contributed by atoms with Gasteiger partial charge in [-0.05, 0) is 58.9 Å². The van der Waals surface area contributed by atoms with Crippen molar-refractivity contribution in [2.75, 3.05) is 13.1 Å². The Morgan fingerprint density at radius 1 is 1.19 bits per heavy atom. The second kappa shape index (κ2) is 8.01. The van der Waals surface area contributed by atoms with E-state index in [2.05, 4.69) is 61.9 Å². The van der Waals surface area contributed by atoms with E-state index in [0.717, 1.165) is 38.8 Å². The average Bonchev–Trinajstić information content (AvgIpc) is 2.64. The zero-order valence-corrected chi connectivity index (χ0v) is 17.2. The summed E-state index contributed by atoms with van der Waals surface area (Å²) in [6.07, 6.45) is 4.04. The van der Waals surface area contributed by atoms with Crippen LogP contribution in [0.3, 0.4) is 0 Å². The lowest BCUT2D eigenvalue weighted by molar-refractivity contribution is 0.101. The predicted molar refractivity (Wildman–Crippen MR) is 111 cm³/mol. The van der Waals surface area contributed by atoms with Gasteiger partial charge in [0.05, 0.1) is 11.5 Å². The zero-order chi connectivity index (χ0) is 19.6. The fourth-order valence-electron chi connectivity index (χ4n) is 5.04. The van der Waals surface area contributed by atoms with Gasteiger partial charge in [0.1, 0.15) is 5.84 Å². The highest BCUT2D eigenvalue weighted by molar-refractivity contribution is 6.03. The molecule has 0 radical (unpaired) electrons. The summed E-state index contributed by atoms with van der Waals surface area (Å²) < 4.78 is 0. The van der Waals surface area contributed by atoms with Crippen LogP contribution >= 0.6 is 0 Å². The number of nitrogens with two attached hydrogens (primary N) is 1. The second-order valence-corrected chi connectivity index (χ2v) is 8.50. The van der Waals surface area contributed by atoms with Gasteiger partial charge >= 0.3 is 6.03 Å². The van der Waals surface area contributed by atoms with E-state index >= 15 is 0 Å². The third-order valence-electron chi connectivity index (χ3n) is 6.37. The van der Waals surface area contributed by atoms with Gasteiger partial charge in [0.15, 0.2) is 0 Å². The second-order valence-electron chi connectivity index (χ2n) is 8.50. The summed E-state index contributed by atoms with van der Waals surface area (Å²) in [5.74, 6) is 0.495. The topological polar surface area (TPSA) is 61.9 Å². The van der Waals surface area contributed by atoms with Crippen LogP contribution in [-0.4, -0.2) is 52.9 Å². The molecule has 2 heterocycles. The molecule has 27 heavy (non-hydrogen) atoms. The van der Waals surface area contributed by atoms with E-state index in [9.17, 15) is 4.79 Å². The number of aliphatic imine (C=N–C) groups is 1. The minimum absolute atomic E-state index is 0.0971. The minimum atomic E-state index is -0.405. The van der Waals surface area contributed by atoms with Crippen LogP contribution in [0.15, 0.2) is 35.3 Å². The maximum absolute atomic E-state index is 12.6. The summed E-state index contributed by atoms with van der Waals surface area (Å²) in [5, 5.41) is 0. The molecule has 1 aromatic carbocycles. The summed E-state index contributed by atoms with van der Waals surface area (Å²) in [5.41, 5.74) is 7.34. The third kappa shape index (κ3) is 3.62. The van der Waals surface area contributed by atoms with Crippen LogP contribution in [0.5, 0.6) is 0 Å². The van der Waals surface area contributed by atoms with E-state index in [1.807, 2.05) is 11.0 Å². The first kappa shape index (κ1) is 19.9. The molecule has 5 nitrogen and oxygen atoms in total. The molecule has 0 aromatic heterocycles. The van der Waals surface area contributed by atoms with Crippen LogP contribution in [0, 0.1) is 0 Å². The fraction of sp³-hybridized carbons (Fsp3) is 0.636. The number of amides is 2. The molecule has 2 aliphatic rings. The van der Waals surface area contributed by atoms with Crippen molar-refractivity contribution in [1.29, 1.82) is 0 Å². The van der Waals surface area contributed by atoms with Crippen LogP contribution in [-0.2, 0) is 5.41 Å². The van der Waals surface area contributed by atoms with Gasteiger partial charge in [-0.2, -0.15) is 4.99 Å². The molecule has 0 unspecified atom stereocenters. The number of piperidine rings is 1. The number of nitrogens with zero attached hydrogens (tertiary/aromatic N) is 3. The SMILES string of the molecule is CC(C)N(CC[C@@]1(c2ccccc2)C(N)=NC(=O)N2CCCC[C@@H]21)C(C)C. The van der Waals surface area contributed by atoms with E-state index < -0.39 is 5.41 Å². The largest absolute Gasteiger partial charge is 0.386 e. The molecule has 0 spiro atoms. The Kier molecular flexibility index (Phi) is 5.89. The molecule has 2 atom stereocenters. The number of hydrogen-bond acceptors (Lipinski definition) is 3. The third-order valence-corrected chi connectivity index (χ3v) is 6.37. The standard InChI is InChI=1S/C22H34N4O/c1-16(2)25(17(3)4)15-13-22(18-10-6-5-7-11-18)19-12-8-9-14-26(19)21(27)24-20(22)23/h5-7,10-11,16-17,19H,8-9,12-15H2,1-4H3,(H2,23,24,27)/t19-,22+/m1/s1. The van der Waals surface area contributed by atoms with Crippen molar-refractivity contribution in [1.82, 2.24) is 9.80 Å². The van der Waals surface area contributed by atoms with Crippen molar-refractivity contribution in [2.45, 2.75) is 76.9 Å². The predicted octanol–water partition coefficient (Wildman–Crippen LogP) is 3.78. The first-order valence-electron chi connectivity index (χ1n) is 10.3. The van der Waals surface area contributed by atoms with Crippen LogP contribution in [0.1, 0.15) is 58.9 Å². The molecule has 0 aliphatic carbocycles. The number of carbonyl (C=O) groups excluding carboxylic acids is 1. The monoisotopic (exact) mass is 370 g/mol.